The molecule has 1 aliphatic rings. The van der Waals surface area contributed by atoms with E-state index in [0.717, 1.165) is 22.4 Å². The van der Waals surface area contributed by atoms with Crippen molar-refractivity contribution in [3.8, 4) is 0 Å². The number of carbonyl (C=O) groups is 2. The number of aryl methyl sites for hydroxylation is 3. The van der Waals surface area contributed by atoms with Gasteiger partial charge in [0.05, 0.1) is 11.3 Å². The summed E-state index contributed by atoms with van der Waals surface area (Å²) < 4.78 is 0. The number of rotatable bonds is 4. The van der Waals surface area contributed by atoms with Crippen molar-refractivity contribution in [3.05, 3.63) is 101 Å². The first-order chi connectivity index (χ1) is 14.0. The normalized spacial score (nSPS) is 14.0. The Balaban J connectivity index is 1.83. The van der Waals surface area contributed by atoms with Crippen molar-refractivity contribution in [2.45, 2.75) is 20.8 Å². The molecular weight excluding hydrogens is 360 g/mol. The Kier molecular flexibility index (Phi) is 4.77. The molecule has 29 heavy (non-hydrogen) atoms. The van der Waals surface area contributed by atoms with Crippen LogP contribution in [0.3, 0.4) is 0 Å². The minimum atomic E-state index is -0.349. The summed E-state index contributed by atoms with van der Waals surface area (Å²) in [5.74, 6) is -0.670. The number of carbonyl (C=O) groups excluding carboxylic acids is 2. The molecule has 4 heteroatoms. The third kappa shape index (κ3) is 3.45. The molecule has 4 nitrogen and oxygen atoms in total. The summed E-state index contributed by atoms with van der Waals surface area (Å²) in [6.45, 7) is 5.94. The highest BCUT2D eigenvalue weighted by atomic mass is 16.2. The average Bonchev–Trinajstić information content (AvgIpc) is 2.96. The Bertz CT molecular complexity index is 1130. The van der Waals surface area contributed by atoms with E-state index in [0.29, 0.717) is 22.5 Å². The van der Waals surface area contributed by atoms with E-state index in [1.165, 1.54) is 4.90 Å². The maximum atomic E-state index is 13.4. The van der Waals surface area contributed by atoms with Crippen LogP contribution in [-0.4, -0.2) is 11.8 Å². The van der Waals surface area contributed by atoms with Crippen LogP contribution in [-0.2, 0) is 9.59 Å². The molecule has 0 aromatic heterocycles. The monoisotopic (exact) mass is 382 g/mol. The van der Waals surface area contributed by atoms with Crippen molar-refractivity contribution in [2.75, 3.05) is 10.2 Å². The van der Waals surface area contributed by atoms with E-state index >= 15 is 0 Å². The minimum Gasteiger partial charge on any atom is -0.350 e. The van der Waals surface area contributed by atoms with Crippen molar-refractivity contribution in [1.82, 2.24) is 0 Å². The van der Waals surface area contributed by atoms with Crippen molar-refractivity contribution in [2.24, 2.45) is 0 Å². The van der Waals surface area contributed by atoms with E-state index in [9.17, 15) is 9.59 Å². The number of hydrogen-bond acceptors (Lipinski definition) is 3. The van der Waals surface area contributed by atoms with E-state index in [1.807, 2.05) is 81.4 Å². The van der Waals surface area contributed by atoms with Gasteiger partial charge >= 0.3 is 0 Å². The maximum Gasteiger partial charge on any atom is 0.282 e. The van der Waals surface area contributed by atoms with Gasteiger partial charge in [0.25, 0.3) is 11.8 Å². The van der Waals surface area contributed by atoms with Gasteiger partial charge in [-0.05, 0) is 55.7 Å². The molecule has 1 heterocycles. The fourth-order valence-electron chi connectivity index (χ4n) is 3.45. The number of anilines is 2. The molecule has 2 amide bonds. The summed E-state index contributed by atoms with van der Waals surface area (Å²) in [5.41, 5.74) is 5.94. The molecule has 3 aromatic carbocycles. The Morgan fingerprint density at radius 2 is 1.38 bits per heavy atom. The van der Waals surface area contributed by atoms with E-state index in [-0.39, 0.29) is 11.8 Å². The first-order valence-electron chi connectivity index (χ1n) is 9.55. The smallest absolute Gasteiger partial charge is 0.282 e. The van der Waals surface area contributed by atoms with Gasteiger partial charge in [0.15, 0.2) is 0 Å². The third-order valence-electron chi connectivity index (χ3n) is 5.09. The molecule has 0 spiro atoms. The van der Waals surface area contributed by atoms with Crippen LogP contribution < -0.4 is 10.2 Å². The number of amides is 2. The van der Waals surface area contributed by atoms with Crippen LogP contribution in [0, 0.1) is 20.8 Å². The second-order valence-electron chi connectivity index (χ2n) is 7.34. The van der Waals surface area contributed by atoms with E-state index < -0.39 is 0 Å². The zero-order chi connectivity index (χ0) is 20.5. The lowest BCUT2D eigenvalue weighted by Gasteiger charge is -2.16. The number of benzene rings is 3. The molecule has 0 unspecified atom stereocenters. The lowest BCUT2D eigenvalue weighted by atomic mass is 10.0. The Morgan fingerprint density at radius 1 is 0.724 bits per heavy atom. The largest absolute Gasteiger partial charge is 0.350 e. The molecular formula is C25H22N2O2. The molecule has 1 N–H and O–H groups in total. The van der Waals surface area contributed by atoms with E-state index in [1.54, 1.807) is 12.1 Å². The molecule has 4 rings (SSSR count). The average molecular weight is 382 g/mol. The molecule has 3 aromatic rings. The van der Waals surface area contributed by atoms with E-state index in [4.69, 9.17) is 0 Å². The van der Waals surface area contributed by atoms with Crippen molar-refractivity contribution < 1.29 is 9.59 Å². The molecule has 1 aliphatic heterocycles. The summed E-state index contributed by atoms with van der Waals surface area (Å²) in [6.07, 6.45) is 0. The van der Waals surface area contributed by atoms with Gasteiger partial charge in [-0.25, -0.2) is 4.90 Å². The van der Waals surface area contributed by atoms with Crippen LogP contribution in [0.4, 0.5) is 11.4 Å². The van der Waals surface area contributed by atoms with Crippen LogP contribution in [0.5, 0.6) is 0 Å². The van der Waals surface area contributed by atoms with Gasteiger partial charge in [-0.3, -0.25) is 9.59 Å². The zero-order valence-electron chi connectivity index (χ0n) is 16.7. The molecule has 0 saturated heterocycles. The summed E-state index contributed by atoms with van der Waals surface area (Å²) in [6, 6.07) is 22.7. The van der Waals surface area contributed by atoms with Gasteiger partial charge in [-0.15, -0.1) is 0 Å². The number of nitrogens with one attached hydrogen (secondary N) is 1. The van der Waals surface area contributed by atoms with Gasteiger partial charge < -0.3 is 5.32 Å². The highest BCUT2D eigenvalue weighted by Gasteiger charge is 2.40. The minimum absolute atomic E-state index is 0.301. The quantitative estimate of drug-likeness (QED) is 0.646. The highest BCUT2D eigenvalue weighted by Crippen LogP contribution is 2.34. The van der Waals surface area contributed by atoms with Crippen LogP contribution in [0.1, 0.15) is 22.3 Å². The van der Waals surface area contributed by atoms with Crippen LogP contribution in [0.2, 0.25) is 0 Å². The van der Waals surface area contributed by atoms with Crippen LogP contribution >= 0.6 is 0 Å². The summed E-state index contributed by atoms with van der Waals surface area (Å²) in [4.78, 5) is 28.0. The molecule has 144 valence electrons. The van der Waals surface area contributed by atoms with Crippen LogP contribution in [0.25, 0.3) is 5.57 Å². The predicted octanol–water partition coefficient (Wildman–Crippen LogP) is 5.01. The first-order valence-corrected chi connectivity index (χ1v) is 9.55. The number of hydrogen-bond donors (Lipinski definition) is 1. The topological polar surface area (TPSA) is 49.4 Å². The van der Waals surface area contributed by atoms with Crippen molar-refractivity contribution >= 4 is 28.8 Å². The Morgan fingerprint density at radius 3 is 2.07 bits per heavy atom. The van der Waals surface area contributed by atoms with E-state index in [2.05, 4.69) is 5.32 Å². The highest BCUT2D eigenvalue weighted by molar-refractivity contribution is 6.46. The molecule has 0 radical (unpaired) electrons. The fraction of sp³-hybridized carbons (Fsp3) is 0.120. The molecule has 0 bridgehead atoms. The summed E-state index contributed by atoms with van der Waals surface area (Å²) in [5, 5.41) is 3.26. The second kappa shape index (κ2) is 7.40. The van der Waals surface area contributed by atoms with Gasteiger partial charge in [0.1, 0.15) is 5.70 Å². The standard InChI is InChI=1S/C25H22N2O2/c1-16-10-13-20(14-11-16)27-24(28)22(19-7-5-4-6-8-19)23(25(27)29)26-21-15-17(2)9-12-18(21)3/h4-15,26H,1-3H3. The third-order valence-corrected chi connectivity index (χ3v) is 5.09. The van der Waals surface area contributed by atoms with Gasteiger partial charge in [0, 0.05) is 5.69 Å². The van der Waals surface area contributed by atoms with Crippen LogP contribution in [0.15, 0.2) is 78.5 Å². The molecule has 0 aliphatic carbocycles. The van der Waals surface area contributed by atoms with Gasteiger partial charge in [0.2, 0.25) is 0 Å². The zero-order valence-corrected chi connectivity index (χ0v) is 16.7. The fourth-order valence-corrected chi connectivity index (χ4v) is 3.45. The lowest BCUT2D eigenvalue weighted by molar-refractivity contribution is -0.120. The van der Waals surface area contributed by atoms with Crippen molar-refractivity contribution in [1.29, 1.82) is 0 Å². The molecule has 0 atom stereocenters. The van der Waals surface area contributed by atoms with Gasteiger partial charge in [-0.1, -0.05) is 60.2 Å². The predicted molar refractivity (Wildman–Crippen MR) is 117 cm³/mol. The Labute approximate surface area is 170 Å². The van der Waals surface area contributed by atoms with Crippen molar-refractivity contribution in [3.63, 3.8) is 0 Å². The first kappa shape index (κ1) is 18.7. The number of nitrogens with zero attached hydrogens (tertiary/aromatic N) is 1. The van der Waals surface area contributed by atoms with Gasteiger partial charge in [-0.2, -0.15) is 0 Å². The summed E-state index contributed by atoms with van der Waals surface area (Å²) in [7, 11) is 0. The SMILES string of the molecule is Cc1ccc(N2C(=O)C(Nc3cc(C)ccc3C)=C(c3ccccc3)C2=O)cc1. The molecule has 0 fully saturated rings. The second-order valence-corrected chi connectivity index (χ2v) is 7.34. The molecule has 0 saturated carbocycles. The summed E-state index contributed by atoms with van der Waals surface area (Å²) >= 11 is 0. The number of imide groups is 1. The lowest BCUT2D eigenvalue weighted by Crippen LogP contribution is -2.32. The Hall–Kier alpha value is -3.66. The maximum absolute atomic E-state index is 13.4.